The largest absolute Gasteiger partial charge is 0.433 e. The molecule has 0 amide bonds. The van der Waals surface area contributed by atoms with E-state index < -0.39 is 11.9 Å². The Kier molecular flexibility index (Phi) is 7.02. The lowest BCUT2D eigenvalue weighted by atomic mass is 9.79. The van der Waals surface area contributed by atoms with E-state index in [4.69, 9.17) is 0 Å². The molecule has 3 aromatic rings. The van der Waals surface area contributed by atoms with Crippen LogP contribution in [-0.4, -0.2) is 15.0 Å². The van der Waals surface area contributed by atoms with E-state index in [0.717, 1.165) is 59.0 Å². The zero-order valence-electron chi connectivity index (χ0n) is 19.9. The second kappa shape index (κ2) is 9.99. The van der Waals surface area contributed by atoms with Gasteiger partial charge in [0.25, 0.3) is 0 Å². The minimum atomic E-state index is -4.46. The first-order valence-corrected chi connectivity index (χ1v) is 11.7. The Bertz CT molecular complexity index is 1270. The highest BCUT2D eigenvalue weighted by molar-refractivity contribution is 5.44. The summed E-state index contributed by atoms with van der Waals surface area (Å²) in [5.41, 5.74) is 6.65. The molecule has 0 aliphatic heterocycles. The second-order valence-electron chi connectivity index (χ2n) is 9.30. The standard InChI is InChI=1S/C28H27F3N4/c1-17(2)22(20-6-11-27(33-15-20)28(29,30)31)8-10-26-24-13-19(5-9-25(24)34-16-35-26)23-7-4-18(3)12-21(23)14-32/h4,6-7,11-12,15-16,19,22H,1,5,8-10,13H2,2-3H3/t19?,22-/m1/s1. The molecule has 180 valence electrons. The summed E-state index contributed by atoms with van der Waals surface area (Å²) in [6, 6.07) is 10.9. The van der Waals surface area contributed by atoms with Crippen molar-refractivity contribution in [3.8, 4) is 6.07 Å². The third-order valence-corrected chi connectivity index (χ3v) is 6.82. The maximum absolute atomic E-state index is 12.9. The Hall–Kier alpha value is -3.53. The summed E-state index contributed by atoms with van der Waals surface area (Å²) >= 11 is 0. The van der Waals surface area contributed by atoms with E-state index in [1.54, 1.807) is 6.33 Å². The molecule has 0 N–H and O–H groups in total. The van der Waals surface area contributed by atoms with Crippen molar-refractivity contribution in [3.63, 3.8) is 0 Å². The van der Waals surface area contributed by atoms with Crippen molar-refractivity contribution in [1.82, 2.24) is 15.0 Å². The number of hydrogen-bond acceptors (Lipinski definition) is 4. The number of fused-ring (bicyclic) bond motifs is 1. The fraction of sp³-hybridized carbons (Fsp3) is 0.357. The maximum atomic E-state index is 12.9. The van der Waals surface area contributed by atoms with Gasteiger partial charge in [0.15, 0.2) is 0 Å². The predicted octanol–water partition coefficient (Wildman–Crippen LogP) is 6.64. The van der Waals surface area contributed by atoms with E-state index in [0.29, 0.717) is 24.0 Å². The van der Waals surface area contributed by atoms with Gasteiger partial charge in [-0.15, -0.1) is 0 Å². The van der Waals surface area contributed by atoms with Crippen molar-refractivity contribution in [2.45, 2.75) is 64.0 Å². The number of halogens is 3. The number of rotatable bonds is 6. The van der Waals surface area contributed by atoms with Crippen molar-refractivity contribution >= 4 is 0 Å². The summed E-state index contributed by atoms with van der Waals surface area (Å²) in [4.78, 5) is 12.7. The van der Waals surface area contributed by atoms with Crippen LogP contribution in [0.1, 0.15) is 76.5 Å². The second-order valence-corrected chi connectivity index (χ2v) is 9.30. The van der Waals surface area contributed by atoms with Crippen molar-refractivity contribution in [2.24, 2.45) is 0 Å². The van der Waals surface area contributed by atoms with Crippen LogP contribution in [0.2, 0.25) is 0 Å². The minimum absolute atomic E-state index is 0.128. The predicted molar refractivity (Wildman–Crippen MR) is 128 cm³/mol. The maximum Gasteiger partial charge on any atom is 0.433 e. The molecule has 0 radical (unpaired) electrons. The highest BCUT2D eigenvalue weighted by Gasteiger charge is 2.32. The molecule has 1 aliphatic rings. The van der Waals surface area contributed by atoms with Crippen LogP contribution >= 0.6 is 0 Å². The van der Waals surface area contributed by atoms with Gasteiger partial charge in [0, 0.05) is 23.5 Å². The van der Waals surface area contributed by atoms with E-state index >= 15 is 0 Å². The van der Waals surface area contributed by atoms with Crippen molar-refractivity contribution in [2.75, 3.05) is 0 Å². The van der Waals surface area contributed by atoms with Crippen LogP contribution in [0.3, 0.4) is 0 Å². The van der Waals surface area contributed by atoms with E-state index in [-0.39, 0.29) is 11.8 Å². The summed E-state index contributed by atoms with van der Waals surface area (Å²) in [5, 5.41) is 9.64. The Labute approximate surface area is 203 Å². The number of nitriles is 1. The molecule has 1 aromatic carbocycles. The van der Waals surface area contributed by atoms with Gasteiger partial charge in [0.1, 0.15) is 12.0 Å². The first kappa shape index (κ1) is 24.6. The minimum Gasteiger partial charge on any atom is -0.251 e. The highest BCUT2D eigenvalue weighted by Crippen LogP contribution is 2.36. The number of pyridine rings is 1. The zero-order valence-corrected chi connectivity index (χ0v) is 19.9. The van der Waals surface area contributed by atoms with Gasteiger partial charge in [0.05, 0.1) is 11.6 Å². The zero-order chi connectivity index (χ0) is 25.2. The van der Waals surface area contributed by atoms with Gasteiger partial charge < -0.3 is 0 Å². The van der Waals surface area contributed by atoms with Crippen LogP contribution in [0.15, 0.2) is 55.0 Å². The molecular formula is C28H27F3N4. The van der Waals surface area contributed by atoms with E-state index in [9.17, 15) is 18.4 Å². The molecule has 1 unspecified atom stereocenters. The molecule has 35 heavy (non-hydrogen) atoms. The van der Waals surface area contributed by atoms with Gasteiger partial charge in [-0.3, -0.25) is 4.98 Å². The molecule has 2 atom stereocenters. The van der Waals surface area contributed by atoms with E-state index in [2.05, 4.69) is 33.7 Å². The number of alkyl halides is 3. The molecular weight excluding hydrogens is 449 g/mol. The number of hydrogen-bond donors (Lipinski definition) is 0. The van der Waals surface area contributed by atoms with Crippen molar-refractivity contribution < 1.29 is 13.2 Å². The van der Waals surface area contributed by atoms with Crippen molar-refractivity contribution in [1.29, 1.82) is 5.26 Å². The number of nitrogens with zero attached hydrogens (tertiary/aromatic N) is 4. The lowest BCUT2D eigenvalue weighted by molar-refractivity contribution is -0.141. The number of aryl methyl sites for hydroxylation is 3. The van der Waals surface area contributed by atoms with E-state index in [1.165, 1.54) is 12.3 Å². The van der Waals surface area contributed by atoms with Crippen LogP contribution in [0.4, 0.5) is 13.2 Å². The SMILES string of the molecule is C=C(C)[C@@H](CCc1ncnc2c1CC(c1ccc(C)cc1C#N)CC2)c1ccc(C(F)(F)F)nc1. The molecule has 0 saturated carbocycles. The Morgan fingerprint density at radius 2 is 2.00 bits per heavy atom. The van der Waals surface area contributed by atoms with Gasteiger partial charge in [-0.1, -0.05) is 30.4 Å². The van der Waals surface area contributed by atoms with Gasteiger partial charge in [-0.25, -0.2) is 9.97 Å². The summed E-state index contributed by atoms with van der Waals surface area (Å²) in [6.07, 6.45) is 2.25. The molecule has 1 aliphatic carbocycles. The average Bonchev–Trinajstić information content (AvgIpc) is 2.83. The van der Waals surface area contributed by atoms with Gasteiger partial charge in [-0.2, -0.15) is 18.4 Å². The van der Waals surface area contributed by atoms with Crippen LogP contribution < -0.4 is 0 Å². The van der Waals surface area contributed by atoms with Gasteiger partial charge in [0.2, 0.25) is 0 Å². The monoisotopic (exact) mass is 476 g/mol. The van der Waals surface area contributed by atoms with Crippen LogP contribution in [0.25, 0.3) is 0 Å². The molecule has 2 heterocycles. The van der Waals surface area contributed by atoms with Gasteiger partial charge >= 0.3 is 6.18 Å². The molecule has 4 rings (SSSR count). The van der Waals surface area contributed by atoms with Crippen LogP contribution in [0, 0.1) is 18.3 Å². The third kappa shape index (κ3) is 5.43. The molecule has 4 nitrogen and oxygen atoms in total. The average molecular weight is 477 g/mol. The highest BCUT2D eigenvalue weighted by atomic mass is 19.4. The fourth-order valence-corrected chi connectivity index (χ4v) is 4.96. The van der Waals surface area contributed by atoms with Crippen LogP contribution in [0.5, 0.6) is 0 Å². The lowest BCUT2D eigenvalue weighted by Gasteiger charge is -2.27. The molecule has 7 heteroatoms. The molecule has 0 saturated heterocycles. The quantitative estimate of drug-likeness (QED) is 0.374. The van der Waals surface area contributed by atoms with Crippen LogP contribution in [-0.2, 0) is 25.4 Å². The summed E-state index contributed by atoms with van der Waals surface area (Å²) in [7, 11) is 0. The Morgan fingerprint density at radius 3 is 2.66 bits per heavy atom. The molecule has 0 fully saturated rings. The van der Waals surface area contributed by atoms with Crippen molar-refractivity contribution in [3.05, 3.63) is 99.9 Å². The van der Waals surface area contributed by atoms with E-state index in [1.807, 2.05) is 26.0 Å². The summed E-state index contributed by atoms with van der Waals surface area (Å²) in [6.45, 7) is 7.93. The lowest BCUT2D eigenvalue weighted by Crippen LogP contribution is -2.18. The molecule has 0 bridgehead atoms. The number of benzene rings is 1. The Morgan fingerprint density at radius 1 is 1.20 bits per heavy atom. The smallest absolute Gasteiger partial charge is 0.251 e. The number of allylic oxidation sites excluding steroid dienone is 1. The topological polar surface area (TPSA) is 62.5 Å². The molecule has 2 aromatic heterocycles. The third-order valence-electron chi connectivity index (χ3n) is 6.82. The number of aromatic nitrogens is 3. The van der Waals surface area contributed by atoms with Gasteiger partial charge in [-0.05, 0) is 86.3 Å². The first-order chi connectivity index (χ1) is 16.7. The normalized spacial score (nSPS) is 16.3. The first-order valence-electron chi connectivity index (χ1n) is 11.7. The molecule has 0 spiro atoms. The summed E-state index contributed by atoms with van der Waals surface area (Å²) in [5.74, 6) is 0.0932. The fourth-order valence-electron chi connectivity index (χ4n) is 4.96. The Balaban J connectivity index is 1.55. The summed E-state index contributed by atoms with van der Waals surface area (Å²) < 4.78 is 38.8.